The number of amides is 1. The van der Waals surface area contributed by atoms with E-state index in [0.717, 1.165) is 23.2 Å². The Labute approximate surface area is 167 Å². The molecule has 0 bridgehead atoms. The summed E-state index contributed by atoms with van der Waals surface area (Å²) in [5, 5.41) is 0.621. The van der Waals surface area contributed by atoms with Gasteiger partial charge in [0.1, 0.15) is 32.7 Å². The predicted octanol–water partition coefficient (Wildman–Crippen LogP) is 2.24. The van der Waals surface area contributed by atoms with Crippen molar-refractivity contribution in [2.75, 3.05) is 58.5 Å². The normalized spacial score (nSPS) is 15.8. The molecule has 0 atom stereocenters. The molecule has 1 aromatic heterocycles. The minimum absolute atomic E-state index is 0.210. The predicted molar refractivity (Wildman–Crippen MR) is 106 cm³/mol. The van der Waals surface area contributed by atoms with E-state index in [1.807, 2.05) is 26.2 Å². The Morgan fingerprint density at radius 2 is 1.82 bits per heavy atom. The second kappa shape index (κ2) is 8.24. The Balaban J connectivity index is 1.64. The number of anilines is 1. The first-order chi connectivity index (χ1) is 13.6. The topological polar surface area (TPSA) is 73.4 Å². The summed E-state index contributed by atoms with van der Waals surface area (Å²) < 4.78 is 23.0. The zero-order valence-electron chi connectivity index (χ0n) is 16.0. The summed E-state index contributed by atoms with van der Waals surface area (Å²) >= 11 is 1.45. The number of fused-ring (bicyclic) bond motifs is 2. The largest absolute Gasteiger partial charge is 0.494 e. The monoisotopic (exact) mass is 405 g/mol. The molecule has 0 saturated heterocycles. The minimum Gasteiger partial charge on any atom is -0.494 e. The molecule has 0 saturated carbocycles. The zero-order valence-corrected chi connectivity index (χ0v) is 16.8. The van der Waals surface area contributed by atoms with Crippen molar-refractivity contribution in [3.05, 3.63) is 24.2 Å². The van der Waals surface area contributed by atoms with Crippen LogP contribution < -0.4 is 14.4 Å². The molecule has 8 nitrogen and oxygen atoms in total. The standard InChI is InChI=1S/C19H23N3O5S/c1-21(2)4-3-5-22(18(23)16-12-24-6-7-27-16)19-20-13-10-14-15(11-17(13)28-19)26-9-8-25-14/h10-12H,3-9H2,1-2H3. The number of thiazole rings is 1. The molecular weight excluding hydrogens is 382 g/mol. The molecule has 0 radical (unpaired) electrons. The quantitative estimate of drug-likeness (QED) is 0.730. The molecule has 4 rings (SSSR count). The van der Waals surface area contributed by atoms with Gasteiger partial charge in [-0.2, -0.15) is 0 Å². The molecule has 1 aromatic carbocycles. The maximum absolute atomic E-state index is 13.1. The smallest absolute Gasteiger partial charge is 0.298 e. The van der Waals surface area contributed by atoms with Crippen LogP contribution in [0, 0.1) is 0 Å². The first-order valence-electron chi connectivity index (χ1n) is 9.23. The Bertz CT molecular complexity index is 852. The molecule has 9 heteroatoms. The van der Waals surface area contributed by atoms with Gasteiger partial charge < -0.3 is 23.8 Å². The summed E-state index contributed by atoms with van der Waals surface area (Å²) in [7, 11) is 4.02. The number of rotatable bonds is 6. The maximum Gasteiger partial charge on any atom is 0.298 e. The number of ether oxygens (including phenoxy) is 4. The number of benzene rings is 1. The van der Waals surface area contributed by atoms with Crippen molar-refractivity contribution in [3.8, 4) is 11.5 Å². The van der Waals surface area contributed by atoms with E-state index >= 15 is 0 Å². The molecule has 0 unspecified atom stereocenters. The number of hydrogen-bond acceptors (Lipinski definition) is 8. The van der Waals surface area contributed by atoms with Gasteiger partial charge in [0.15, 0.2) is 16.6 Å². The highest BCUT2D eigenvalue weighted by molar-refractivity contribution is 7.22. The fourth-order valence-corrected chi connectivity index (χ4v) is 4.01. The highest BCUT2D eigenvalue weighted by Gasteiger charge is 2.26. The summed E-state index contributed by atoms with van der Waals surface area (Å²) in [6.07, 6.45) is 2.20. The molecule has 28 heavy (non-hydrogen) atoms. The summed E-state index contributed by atoms with van der Waals surface area (Å²) in [4.78, 5) is 21.5. The third-order valence-electron chi connectivity index (χ3n) is 4.36. The van der Waals surface area contributed by atoms with E-state index in [2.05, 4.69) is 9.88 Å². The summed E-state index contributed by atoms with van der Waals surface area (Å²) in [5.41, 5.74) is 0.782. The van der Waals surface area contributed by atoms with Gasteiger partial charge in [0.2, 0.25) is 5.76 Å². The average Bonchev–Trinajstić information content (AvgIpc) is 3.11. The number of hydrogen-bond donors (Lipinski definition) is 0. The van der Waals surface area contributed by atoms with Crippen LogP contribution in [0.2, 0.25) is 0 Å². The zero-order chi connectivity index (χ0) is 19.5. The van der Waals surface area contributed by atoms with Gasteiger partial charge in [-0.15, -0.1) is 0 Å². The van der Waals surface area contributed by atoms with E-state index < -0.39 is 0 Å². The van der Waals surface area contributed by atoms with Crippen molar-refractivity contribution < 1.29 is 23.7 Å². The molecule has 150 valence electrons. The maximum atomic E-state index is 13.1. The van der Waals surface area contributed by atoms with Crippen LogP contribution >= 0.6 is 11.3 Å². The van der Waals surface area contributed by atoms with Gasteiger partial charge in [-0.25, -0.2) is 4.98 Å². The van der Waals surface area contributed by atoms with Crippen LogP contribution in [0.15, 0.2) is 24.2 Å². The van der Waals surface area contributed by atoms with Gasteiger partial charge in [0.05, 0.1) is 10.2 Å². The van der Waals surface area contributed by atoms with Crippen molar-refractivity contribution in [1.82, 2.24) is 9.88 Å². The van der Waals surface area contributed by atoms with Crippen molar-refractivity contribution in [3.63, 3.8) is 0 Å². The number of carbonyl (C=O) groups excluding carboxylic acids is 1. The molecular formula is C19H23N3O5S. The first kappa shape index (κ1) is 18.8. The fourth-order valence-electron chi connectivity index (χ4n) is 3.01. The van der Waals surface area contributed by atoms with Crippen molar-refractivity contribution >= 4 is 32.6 Å². The molecule has 2 aromatic rings. The molecule has 1 amide bonds. The molecule has 2 aliphatic rings. The van der Waals surface area contributed by atoms with Crippen molar-refractivity contribution in [2.45, 2.75) is 6.42 Å². The second-order valence-electron chi connectivity index (χ2n) is 6.78. The lowest BCUT2D eigenvalue weighted by molar-refractivity contribution is -0.119. The lowest BCUT2D eigenvalue weighted by Crippen LogP contribution is -2.36. The van der Waals surface area contributed by atoms with Gasteiger partial charge in [0.25, 0.3) is 5.91 Å². The van der Waals surface area contributed by atoms with Gasteiger partial charge in [0, 0.05) is 18.7 Å². The Morgan fingerprint density at radius 1 is 1.07 bits per heavy atom. The molecule has 3 heterocycles. The molecule has 2 aliphatic heterocycles. The lowest BCUT2D eigenvalue weighted by Gasteiger charge is -2.23. The molecule has 0 fully saturated rings. The van der Waals surface area contributed by atoms with E-state index in [-0.39, 0.29) is 11.7 Å². The SMILES string of the molecule is CN(C)CCCN(C(=O)C1=COCCO1)c1nc2cc3c(cc2s1)OCCO3. The van der Waals surface area contributed by atoms with E-state index in [1.165, 1.54) is 17.6 Å². The second-order valence-corrected chi connectivity index (χ2v) is 7.78. The Kier molecular flexibility index (Phi) is 5.54. The van der Waals surface area contributed by atoms with Crippen molar-refractivity contribution in [1.29, 1.82) is 0 Å². The van der Waals surface area contributed by atoms with Crippen LogP contribution in [0.3, 0.4) is 0 Å². The average molecular weight is 405 g/mol. The van der Waals surface area contributed by atoms with Crippen LogP contribution in [-0.4, -0.2) is 69.4 Å². The van der Waals surface area contributed by atoms with Gasteiger partial charge in [-0.1, -0.05) is 11.3 Å². The van der Waals surface area contributed by atoms with Crippen molar-refractivity contribution in [2.24, 2.45) is 0 Å². The Morgan fingerprint density at radius 3 is 2.54 bits per heavy atom. The minimum atomic E-state index is -0.241. The van der Waals surface area contributed by atoms with Gasteiger partial charge >= 0.3 is 0 Å². The van der Waals surface area contributed by atoms with Crippen LogP contribution in [-0.2, 0) is 14.3 Å². The fraction of sp³-hybridized carbons (Fsp3) is 0.474. The number of carbonyl (C=O) groups is 1. The Hall–Kier alpha value is -2.52. The summed E-state index contributed by atoms with van der Waals surface area (Å²) in [5.74, 6) is 1.37. The van der Waals surface area contributed by atoms with Crippen LogP contribution in [0.1, 0.15) is 6.42 Å². The van der Waals surface area contributed by atoms with Gasteiger partial charge in [-0.3, -0.25) is 9.69 Å². The van der Waals surface area contributed by atoms with Crippen LogP contribution in [0.25, 0.3) is 10.2 Å². The number of aromatic nitrogens is 1. The van der Waals surface area contributed by atoms with E-state index in [9.17, 15) is 4.79 Å². The third-order valence-corrected chi connectivity index (χ3v) is 5.41. The number of nitrogens with zero attached hydrogens (tertiary/aromatic N) is 3. The highest BCUT2D eigenvalue weighted by Crippen LogP contribution is 2.39. The highest BCUT2D eigenvalue weighted by atomic mass is 32.1. The van der Waals surface area contributed by atoms with Gasteiger partial charge in [-0.05, 0) is 27.1 Å². The van der Waals surface area contributed by atoms with E-state index in [4.69, 9.17) is 18.9 Å². The van der Waals surface area contributed by atoms with Crippen LogP contribution in [0.4, 0.5) is 5.13 Å². The van der Waals surface area contributed by atoms with Crippen LogP contribution in [0.5, 0.6) is 11.5 Å². The molecule has 0 spiro atoms. The third kappa shape index (κ3) is 4.00. The molecule has 0 aliphatic carbocycles. The summed E-state index contributed by atoms with van der Waals surface area (Å²) in [6, 6.07) is 3.79. The summed E-state index contributed by atoms with van der Waals surface area (Å²) in [6.45, 7) is 3.26. The first-order valence-corrected chi connectivity index (χ1v) is 10.0. The molecule has 0 N–H and O–H groups in total. The lowest BCUT2D eigenvalue weighted by atomic mass is 10.3. The van der Waals surface area contributed by atoms with E-state index in [1.54, 1.807) is 4.90 Å². The van der Waals surface area contributed by atoms with E-state index in [0.29, 0.717) is 49.6 Å².